The van der Waals surface area contributed by atoms with Gasteiger partial charge in [-0.15, -0.1) is 0 Å². The van der Waals surface area contributed by atoms with E-state index in [2.05, 4.69) is 9.97 Å². The molecule has 3 aromatic rings. The standard InChI is InChI=1S/C19H15F3N4O/c20-19(21,22)12-5-3-4-11(8-12)9-26-10-15(27)16(17(26)23)18-24-13-6-1-2-7-14(13)25-18/h1-8,23,27H,9-10H2,(H,24,25). The van der Waals surface area contributed by atoms with Gasteiger partial charge in [-0.05, 0) is 29.8 Å². The summed E-state index contributed by atoms with van der Waals surface area (Å²) < 4.78 is 38.7. The number of H-pyrrole nitrogens is 1. The van der Waals surface area contributed by atoms with Crippen LogP contribution >= 0.6 is 0 Å². The van der Waals surface area contributed by atoms with Gasteiger partial charge >= 0.3 is 6.18 Å². The summed E-state index contributed by atoms with van der Waals surface area (Å²) >= 11 is 0. The van der Waals surface area contributed by atoms with E-state index in [1.54, 1.807) is 6.07 Å². The third-order valence-corrected chi connectivity index (χ3v) is 4.44. The third-order valence-electron chi connectivity index (χ3n) is 4.44. The molecular weight excluding hydrogens is 357 g/mol. The van der Waals surface area contributed by atoms with Crippen LogP contribution in [0.15, 0.2) is 54.3 Å². The first kappa shape index (κ1) is 17.1. The Kier molecular flexibility index (Phi) is 3.91. The van der Waals surface area contributed by atoms with Crippen LogP contribution in [0.2, 0.25) is 0 Å². The van der Waals surface area contributed by atoms with Gasteiger partial charge in [-0.25, -0.2) is 4.98 Å². The first-order valence-electron chi connectivity index (χ1n) is 8.20. The molecular formula is C19H15F3N4O. The largest absolute Gasteiger partial charge is 0.510 e. The van der Waals surface area contributed by atoms with Crippen LogP contribution < -0.4 is 0 Å². The van der Waals surface area contributed by atoms with Crippen LogP contribution in [0, 0.1) is 5.41 Å². The Bertz CT molecular complexity index is 1040. The molecule has 0 aliphatic carbocycles. The molecule has 27 heavy (non-hydrogen) atoms. The predicted octanol–water partition coefficient (Wildman–Crippen LogP) is 4.34. The Morgan fingerprint density at radius 2 is 1.93 bits per heavy atom. The van der Waals surface area contributed by atoms with Gasteiger partial charge in [0.15, 0.2) is 0 Å². The minimum Gasteiger partial charge on any atom is -0.510 e. The Morgan fingerprint density at radius 3 is 2.67 bits per heavy atom. The summed E-state index contributed by atoms with van der Waals surface area (Å²) in [6, 6.07) is 12.3. The molecule has 0 saturated carbocycles. The van der Waals surface area contributed by atoms with Crippen LogP contribution in [0.25, 0.3) is 16.6 Å². The number of aromatic amines is 1. The van der Waals surface area contributed by atoms with Gasteiger partial charge in [-0.2, -0.15) is 13.2 Å². The first-order valence-corrected chi connectivity index (χ1v) is 8.20. The molecule has 5 nitrogen and oxygen atoms in total. The van der Waals surface area contributed by atoms with Crippen molar-refractivity contribution in [1.82, 2.24) is 14.9 Å². The van der Waals surface area contributed by atoms with Crippen molar-refractivity contribution in [3.63, 3.8) is 0 Å². The van der Waals surface area contributed by atoms with Gasteiger partial charge in [0.1, 0.15) is 17.4 Å². The zero-order valence-corrected chi connectivity index (χ0v) is 14.0. The van der Waals surface area contributed by atoms with Crippen molar-refractivity contribution < 1.29 is 18.3 Å². The monoisotopic (exact) mass is 372 g/mol. The average Bonchev–Trinajstić information content (AvgIpc) is 3.15. The van der Waals surface area contributed by atoms with Crippen LogP contribution in [0.1, 0.15) is 17.0 Å². The topological polar surface area (TPSA) is 76.0 Å². The number of halogens is 3. The predicted molar refractivity (Wildman–Crippen MR) is 95.2 cm³/mol. The lowest BCUT2D eigenvalue weighted by atomic mass is 10.1. The molecule has 0 atom stereocenters. The number of aliphatic hydroxyl groups is 1. The van der Waals surface area contributed by atoms with Gasteiger partial charge < -0.3 is 15.0 Å². The van der Waals surface area contributed by atoms with Crippen molar-refractivity contribution in [3.8, 4) is 0 Å². The number of hydrogen-bond donors (Lipinski definition) is 3. The SMILES string of the molecule is N=C1C(c2nc3ccccc3[nH]2)=C(O)CN1Cc1cccc(C(F)(F)F)c1. The molecule has 0 radical (unpaired) electrons. The van der Waals surface area contributed by atoms with Crippen molar-refractivity contribution in [2.24, 2.45) is 0 Å². The lowest BCUT2D eigenvalue weighted by Gasteiger charge is -2.19. The number of alkyl halides is 3. The lowest BCUT2D eigenvalue weighted by Crippen LogP contribution is -2.26. The molecule has 1 aromatic heterocycles. The maximum absolute atomic E-state index is 12.9. The Hall–Kier alpha value is -3.29. The maximum atomic E-state index is 12.9. The number of para-hydroxylation sites is 2. The Morgan fingerprint density at radius 1 is 1.15 bits per heavy atom. The normalized spacial score (nSPS) is 15.2. The molecule has 0 fully saturated rings. The molecule has 2 aromatic carbocycles. The summed E-state index contributed by atoms with van der Waals surface area (Å²) in [4.78, 5) is 8.97. The number of aliphatic hydroxyl groups excluding tert-OH is 1. The van der Waals surface area contributed by atoms with Gasteiger partial charge in [0.2, 0.25) is 0 Å². The number of rotatable bonds is 3. The molecule has 138 valence electrons. The fourth-order valence-electron chi connectivity index (χ4n) is 3.16. The maximum Gasteiger partial charge on any atom is 0.416 e. The van der Waals surface area contributed by atoms with Crippen LogP contribution in [0.3, 0.4) is 0 Å². The zero-order chi connectivity index (χ0) is 19.2. The molecule has 0 unspecified atom stereocenters. The Labute approximate surface area is 152 Å². The van der Waals surface area contributed by atoms with E-state index in [-0.39, 0.29) is 30.3 Å². The van der Waals surface area contributed by atoms with Crippen molar-refractivity contribution in [3.05, 3.63) is 71.2 Å². The molecule has 3 N–H and O–H groups in total. The zero-order valence-electron chi connectivity index (χ0n) is 14.0. The molecule has 8 heteroatoms. The van der Waals surface area contributed by atoms with E-state index in [1.165, 1.54) is 11.0 Å². The van der Waals surface area contributed by atoms with Gasteiger partial charge in [0.05, 0.1) is 28.7 Å². The summed E-state index contributed by atoms with van der Waals surface area (Å²) in [5.74, 6) is 0.347. The highest BCUT2D eigenvalue weighted by Crippen LogP contribution is 2.31. The number of nitrogens with zero attached hydrogens (tertiary/aromatic N) is 2. The number of imidazole rings is 1. The van der Waals surface area contributed by atoms with E-state index < -0.39 is 11.7 Å². The van der Waals surface area contributed by atoms with E-state index in [9.17, 15) is 18.3 Å². The van der Waals surface area contributed by atoms with Gasteiger partial charge in [0, 0.05) is 6.54 Å². The number of nitrogens with one attached hydrogen (secondary N) is 2. The molecule has 4 rings (SSSR count). The summed E-state index contributed by atoms with van der Waals surface area (Å²) in [6.07, 6.45) is -4.42. The molecule has 0 saturated heterocycles. The molecule has 1 aliphatic heterocycles. The van der Waals surface area contributed by atoms with Crippen LogP contribution in [0.4, 0.5) is 13.2 Å². The number of benzene rings is 2. The fraction of sp³-hybridized carbons (Fsp3) is 0.158. The summed E-state index contributed by atoms with van der Waals surface area (Å²) in [5.41, 5.74) is 1.42. The van der Waals surface area contributed by atoms with Crippen molar-refractivity contribution >= 4 is 22.4 Å². The third kappa shape index (κ3) is 3.14. The lowest BCUT2D eigenvalue weighted by molar-refractivity contribution is -0.137. The van der Waals surface area contributed by atoms with Gasteiger partial charge in [-0.3, -0.25) is 5.41 Å². The van der Waals surface area contributed by atoms with E-state index in [1.807, 2.05) is 24.3 Å². The van der Waals surface area contributed by atoms with E-state index >= 15 is 0 Å². The minimum absolute atomic E-state index is 0.0176. The van der Waals surface area contributed by atoms with E-state index in [4.69, 9.17) is 5.41 Å². The van der Waals surface area contributed by atoms with Crippen LogP contribution in [-0.2, 0) is 12.7 Å². The summed E-state index contributed by atoms with van der Waals surface area (Å²) in [7, 11) is 0. The molecule has 0 bridgehead atoms. The fourth-order valence-corrected chi connectivity index (χ4v) is 3.16. The molecule has 2 heterocycles. The minimum atomic E-state index is -4.42. The molecule has 1 aliphatic rings. The second-order valence-corrected chi connectivity index (χ2v) is 6.33. The number of aromatic nitrogens is 2. The van der Waals surface area contributed by atoms with Crippen molar-refractivity contribution in [1.29, 1.82) is 5.41 Å². The molecule has 0 spiro atoms. The van der Waals surface area contributed by atoms with E-state index in [0.29, 0.717) is 16.9 Å². The Balaban J connectivity index is 1.59. The number of amidine groups is 1. The highest BCUT2D eigenvalue weighted by Gasteiger charge is 2.32. The highest BCUT2D eigenvalue weighted by molar-refractivity contribution is 6.23. The van der Waals surface area contributed by atoms with Crippen molar-refractivity contribution in [2.75, 3.05) is 6.54 Å². The smallest absolute Gasteiger partial charge is 0.416 e. The second kappa shape index (κ2) is 6.15. The van der Waals surface area contributed by atoms with Crippen molar-refractivity contribution in [2.45, 2.75) is 12.7 Å². The summed E-state index contributed by atoms with van der Waals surface area (Å²) in [5, 5.41) is 18.7. The van der Waals surface area contributed by atoms with E-state index in [0.717, 1.165) is 17.6 Å². The number of hydrogen-bond acceptors (Lipinski definition) is 3. The number of fused-ring (bicyclic) bond motifs is 1. The van der Waals surface area contributed by atoms with Crippen LogP contribution in [-0.4, -0.2) is 32.4 Å². The van der Waals surface area contributed by atoms with Gasteiger partial charge in [0.25, 0.3) is 0 Å². The average molecular weight is 372 g/mol. The summed E-state index contributed by atoms with van der Waals surface area (Å²) in [6.45, 7) is 0.123. The van der Waals surface area contributed by atoms with Gasteiger partial charge in [-0.1, -0.05) is 24.3 Å². The quantitative estimate of drug-likeness (QED) is 0.640. The highest BCUT2D eigenvalue weighted by atomic mass is 19.4. The second-order valence-electron chi connectivity index (χ2n) is 6.33. The van der Waals surface area contributed by atoms with Crippen LogP contribution in [0.5, 0.6) is 0 Å². The first-order chi connectivity index (χ1) is 12.8. The molecule has 0 amide bonds.